The van der Waals surface area contributed by atoms with Gasteiger partial charge >= 0.3 is 5.97 Å². The summed E-state index contributed by atoms with van der Waals surface area (Å²) in [4.78, 5) is 30.3. The van der Waals surface area contributed by atoms with Gasteiger partial charge in [-0.25, -0.2) is 0 Å². The van der Waals surface area contributed by atoms with Gasteiger partial charge in [0.1, 0.15) is 5.60 Å². The molecule has 9 heteroatoms. The highest BCUT2D eigenvalue weighted by molar-refractivity contribution is 6.03. The van der Waals surface area contributed by atoms with E-state index in [-0.39, 0.29) is 6.42 Å². The van der Waals surface area contributed by atoms with Crippen LogP contribution in [0, 0.1) is 22.7 Å². The summed E-state index contributed by atoms with van der Waals surface area (Å²) in [6.07, 6.45) is -0.211. The number of carbonyl (C=O) groups is 2. The zero-order valence-corrected chi connectivity index (χ0v) is 31.2. The van der Waals surface area contributed by atoms with Gasteiger partial charge in [0.15, 0.2) is 34.2 Å². The van der Waals surface area contributed by atoms with Crippen LogP contribution in [0.5, 0.6) is 23.0 Å². The number of rotatable bonds is 10. The molecule has 0 amide bonds. The first-order chi connectivity index (χ1) is 26.7. The van der Waals surface area contributed by atoms with Gasteiger partial charge in [0, 0.05) is 17.4 Å². The third-order valence-electron chi connectivity index (χ3n) is 11.3. The Balaban J connectivity index is 1.60. The van der Waals surface area contributed by atoms with Crippen molar-refractivity contribution in [3.8, 4) is 29.1 Å². The van der Waals surface area contributed by atoms with Gasteiger partial charge in [0.05, 0.1) is 47.5 Å². The fraction of sp³-hybridized carbons (Fsp3) is 0.239. The van der Waals surface area contributed by atoms with Crippen LogP contribution in [0.25, 0.3) is 21.5 Å². The van der Waals surface area contributed by atoms with E-state index in [1.807, 2.05) is 72.8 Å². The average molecular weight is 736 g/mol. The molecular weight excluding hydrogens is 695 g/mol. The zero-order chi connectivity index (χ0) is 38.9. The van der Waals surface area contributed by atoms with Crippen molar-refractivity contribution in [3.63, 3.8) is 0 Å². The van der Waals surface area contributed by atoms with E-state index in [1.165, 1.54) is 35.5 Å². The first-order valence-electron chi connectivity index (χ1n) is 17.9. The number of carbonyl (C=O) groups excluding carboxylic acids is 2. The maximum atomic E-state index is 15.6. The van der Waals surface area contributed by atoms with Gasteiger partial charge in [0.2, 0.25) is 0 Å². The lowest BCUT2D eigenvalue weighted by Gasteiger charge is -2.54. The van der Waals surface area contributed by atoms with E-state index in [9.17, 15) is 15.2 Å². The number of esters is 1. The molecule has 9 nitrogen and oxygen atoms in total. The predicted octanol–water partition coefficient (Wildman–Crippen LogP) is 8.37. The lowest BCUT2D eigenvalue weighted by molar-refractivity contribution is -0.162. The standard InChI is InChI=1S/C46H41NO8/c1-51-37-20-17-32(24-39(37)53-3)36-26-46(50,35-19-16-29-11-7-9-13-31(29)23-35)42(43(48)34-15-14-28-10-6-8-12-30(28)22-34)41(45(36,27-47)44(49)55-5)33-18-21-38(52-2)40(25-33)54-4/h6-25,36,41-42,50H,26H2,1-5H3/t36-,41+,42+,45+,46+/m1/s1. The molecule has 6 aromatic rings. The van der Waals surface area contributed by atoms with Crippen molar-refractivity contribution in [1.29, 1.82) is 5.26 Å². The maximum absolute atomic E-state index is 15.6. The Bertz CT molecular complexity index is 2470. The van der Waals surface area contributed by atoms with Crippen LogP contribution in [-0.2, 0) is 15.1 Å². The number of hydrogen-bond donors (Lipinski definition) is 1. The summed E-state index contributed by atoms with van der Waals surface area (Å²) in [5.41, 5.74) is -2.36. The number of nitrogens with zero attached hydrogens (tertiary/aromatic N) is 1. The minimum absolute atomic E-state index is 0.211. The van der Waals surface area contributed by atoms with Crippen molar-refractivity contribution >= 4 is 33.3 Å². The quantitative estimate of drug-likeness (QED) is 0.109. The molecule has 1 aliphatic carbocycles. The number of fused-ring (bicyclic) bond motifs is 2. The molecule has 0 spiro atoms. The Morgan fingerprint density at radius 3 is 1.73 bits per heavy atom. The third kappa shape index (κ3) is 6.09. The molecule has 0 radical (unpaired) electrons. The van der Waals surface area contributed by atoms with Crippen LogP contribution in [-0.4, -0.2) is 52.4 Å². The zero-order valence-electron chi connectivity index (χ0n) is 31.2. The summed E-state index contributed by atoms with van der Waals surface area (Å²) in [6, 6.07) is 39.0. The van der Waals surface area contributed by atoms with Crippen LogP contribution >= 0.6 is 0 Å². The van der Waals surface area contributed by atoms with E-state index in [0.717, 1.165) is 21.5 Å². The van der Waals surface area contributed by atoms with Gasteiger partial charge in [-0.3, -0.25) is 9.59 Å². The van der Waals surface area contributed by atoms with Crippen LogP contribution in [0.4, 0.5) is 0 Å². The van der Waals surface area contributed by atoms with E-state index in [1.54, 1.807) is 48.5 Å². The first-order valence-corrected chi connectivity index (χ1v) is 17.9. The number of aliphatic hydroxyl groups is 1. The summed E-state index contributed by atoms with van der Waals surface area (Å²) in [7, 11) is 7.22. The smallest absolute Gasteiger partial charge is 0.327 e. The van der Waals surface area contributed by atoms with Gasteiger partial charge in [0.25, 0.3) is 0 Å². The minimum Gasteiger partial charge on any atom is -0.493 e. The molecule has 0 aromatic heterocycles. The maximum Gasteiger partial charge on any atom is 0.327 e. The van der Waals surface area contributed by atoms with Gasteiger partial charge in [-0.05, 0) is 81.1 Å². The number of Topliss-reactive ketones (excluding diaryl/α,β-unsaturated/α-hetero) is 1. The summed E-state index contributed by atoms with van der Waals surface area (Å²) in [5.74, 6) is -3.52. The second kappa shape index (κ2) is 14.8. The molecule has 1 aliphatic rings. The number of nitriles is 1. The SMILES string of the molecule is COC(=O)[C@@]1(C#N)[C@@H](c2ccc(OC)c(OC)c2)C[C@](O)(c2ccc3ccccc3c2)[C@H](C(=O)c2ccc3ccccc3c2)[C@@H]1c1ccc(OC)c(OC)c1. The number of benzene rings is 6. The largest absolute Gasteiger partial charge is 0.493 e. The summed E-state index contributed by atoms with van der Waals surface area (Å²) >= 11 is 0. The topological polar surface area (TPSA) is 124 Å². The highest BCUT2D eigenvalue weighted by atomic mass is 16.5. The predicted molar refractivity (Wildman–Crippen MR) is 209 cm³/mol. The highest BCUT2D eigenvalue weighted by Crippen LogP contribution is 2.64. The molecule has 6 aromatic carbocycles. The Morgan fingerprint density at radius 1 is 0.636 bits per heavy atom. The molecule has 5 atom stereocenters. The van der Waals surface area contributed by atoms with Crippen LogP contribution in [0.2, 0.25) is 0 Å². The molecule has 1 saturated carbocycles. The van der Waals surface area contributed by atoms with Crippen LogP contribution in [0.1, 0.15) is 45.3 Å². The normalized spacial score (nSPS) is 22.0. The van der Waals surface area contributed by atoms with Crippen LogP contribution in [0.3, 0.4) is 0 Å². The van der Waals surface area contributed by atoms with Crippen molar-refractivity contribution in [2.24, 2.45) is 11.3 Å². The van der Waals surface area contributed by atoms with Gasteiger partial charge in [-0.1, -0.05) is 84.9 Å². The fourth-order valence-electron chi connectivity index (χ4n) is 8.58. The molecule has 0 aliphatic heterocycles. The Kier molecular flexibility index (Phi) is 9.95. The molecule has 0 saturated heterocycles. The van der Waals surface area contributed by atoms with Crippen molar-refractivity contribution in [1.82, 2.24) is 0 Å². The molecule has 55 heavy (non-hydrogen) atoms. The Morgan fingerprint density at radius 2 is 1.16 bits per heavy atom. The molecule has 1 N–H and O–H groups in total. The summed E-state index contributed by atoms with van der Waals surface area (Å²) < 4.78 is 28.1. The highest BCUT2D eigenvalue weighted by Gasteiger charge is 2.67. The van der Waals surface area contributed by atoms with Crippen LogP contribution in [0.15, 0.2) is 121 Å². The summed E-state index contributed by atoms with van der Waals surface area (Å²) in [6.45, 7) is 0. The first kappa shape index (κ1) is 37.0. The van der Waals surface area contributed by atoms with Crippen molar-refractivity contribution in [2.75, 3.05) is 35.5 Å². The molecule has 7 rings (SSSR count). The fourth-order valence-corrected chi connectivity index (χ4v) is 8.58. The second-order valence-electron chi connectivity index (χ2n) is 13.8. The third-order valence-corrected chi connectivity index (χ3v) is 11.3. The average Bonchev–Trinajstić information content (AvgIpc) is 3.24. The molecule has 278 valence electrons. The number of ether oxygens (including phenoxy) is 5. The number of hydrogen-bond acceptors (Lipinski definition) is 9. The van der Waals surface area contributed by atoms with Crippen molar-refractivity contribution in [3.05, 3.63) is 144 Å². The lowest BCUT2D eigenvalue weighted by Crippen LogP contribution is -2.59. The Labute approximate surface area is 319 Å². The van der Waals surface area contributed by atoms with Gasteiger partial charge < -0.3 is 28.8 Å². The van der Waals surface area contributed by atoms with E-state index in [2.05, 4.69) is 6.07 Å². The van der Waals surface area contributed by atoms with E-state index >= 15 is 4.79 Å². The van der Waals surface area contributed by atoms with Crippen molar-refractivity contribution < 1.29 is 38.4 Å². The number of methoxy groups -OCH3 is 5. The Hall–Kier alpha value is -6.37. The van der Waals surface area contributed by atoms with E-state index < -0.39 is 40.5 Å². The van der Waals surface area contributed by atoms with Gasteiger partial charge in [-0.2, -0.15) is 5.26 Å². The number of ketones is 1. The second-order valence-corrected chi connectivity index (χ2v) is 13.8. The molecule has 0 unspecified atom stereocenters. The molecule has 0 bridgehead atoms. The molecular formula is C46H41NO8. The minimum atomic E-state index is -2.08. The van der Waals surface area contributed by atoms with Crippen LogP contribution < -0.4 is 18.9 Å². The monoisotopic (exact) mass is 735 g/mol. The van der Waals surface area contributed by atoms with E-state index in [4.69, 9.17) is 23.7 Å². The molecule has 1 fully saturated rings. The van der Waals surface area contributed by atoms with Gasteiger partial charge in [-0.15, -0.1) is 0 Å². The molecule has 0 heterocycles. The lowest BCUT2D eigenvalue weighted by atomic mass is 9.47. The summed E-state index contributed by atoms with van der Waals surface area (Å²) in [5, 5.41) is 28.9. The van der Waals surface area contributed by atoms with E-state index in [0.29, 0.717) is 45.3 Å². The van der Waals surface area contributed by atoms with Crippen molar-refractivity contribution in [2.45, 2.75) is 23.9 Å².